The van der Waals surface area contributed by atoms with Crippen molar-refractivity contribution in [1.82, 2.24) is 0 Å². The van der Waals surface area contributed by atoms with Crippen molar-refractivity contribution >= 4 is 0 Å². The molecule has 1 aliphatic carbocycles. The number of benzene rings is 1. The molecule has 1 unspecified atom stereocenters. The first-order valence-corrected chi connectivity index (χ1v) is 9.12. The molecular formula is C21H32O. The van der Waals surface area contributed by atoms with E-state index in [9.17, 15) is 0 Å². The average Bonchev–Trinajstić information content (AvgIpc) is 2.55. The summed E-state index contributed by atoms with van der Waals surface area (Å²) in [5, 5.41) is 0. The Balaban J connectivity index is 2.01. The van der Waals surface area contributed by atoms with Crippen LogP contribution < -0.4 is 4.74 Å². The molecule has 0 aliphatic heterocycles. The zero-order valence-electron chi connectivity index (χ0n) is 14.4. The Kier molecular flexibility index (Phi) is 7.02. The zero-order valence-corrected chi connectivity index (χ0v) is 14.4. The highest BCUT2D eigenvalue weighted by atomic mass is 16.5. The Hall–Kier alpha value is -1.24. The van der Waals surface area contributed by atoms with E-state index in [4.69, 9.17) is 4.74 Å². The molecule has 0 aromatic heterocycles. The summed E-state index contributed by atoms with van der Waals surface area (Å²) in [5.74, 6) is 3.42. The minimum absolute atomic E-state index is 0.635. The highest BCUT2D eigenvalue weighted by Crippen LogP contribution is 2.41. The van der Waals surface area contributed by atoms with Crippen molar-refractivity contribution in [2.75, 3.05) is 6.61 Å². The summed E-state index contributed by atoms with van der Waals surface area (Å²) in [7, 11) is 0. The highest BCUT2D eigenvalue weighted by Gasteiger charge is 2.27. The lowest BCUT2D eigenvalue weighted by atomic mass is 9.71. The van der Waals surface area contributed by atoms with Crippen LogP contribution in [0.25, 0.3) is 0 Å². The first kappa shape index (κ1) is 17.1. The van der Waals surface area contributed by atoms with E-state index in [0.29, 0.717) is 5.92 Å². The molecule has 0 amide bonds. The Bertz CT molecular complexity index is 426. The largest absolute Gasteiger partial charge is 0.494 e. The molecule has 1 saturated carbocycles. The lowest BCUT2D eigenvalue weighted by Gasteiger charge is -2.34. The van der Waals surface area contributed by atoms with Crippen molar-refractivity contribution in [3.63, 3.8) is 0 Å². The monoisotopic (exact) mass is 300 g/mol. The van der Waals surface area contributed by atoms with Gasteiger partial charge in [-0.1, -0.05) is 50.8 Å². The smallest absolute Gasteiger partial charge is 0.119 e. The summed E-state index contributed by atoms with van der Waals surface area (Å²) in [4.78, 5) is 0. The van der Waals surface area contributed by atoms with Gasteiger partial charge in [-0.3, -0.25) is 0 Å². The normalized spacial score (nSPS) is 23.0. The van der Waals surface area contributed by atoms with Crippen molar-refractivity contribution in [1.29, 1.82) is 0 Å². The standard InChI is InChI=1S/C21H32O/c1-4-7-17-9-11-18(12-10-17)21(8-5-2)19-13-15-20(16-14-19)22-6-3/h5,13-18,21H,2,4,6-12H2,1,3H3. The molecule has 0 radical (unpaired) electrons. The Morgan fingerprint density at radius 2 is 1.82 bits per heavy atom. The molecule has 122 valence electrons. The molecule has 2 rings (SSSR count). The van der Waals surface area contributed by atoms with Crippen LogP contribution in [0.1, 0.15) is 70.3 Å². The van der Waals surface area contributed by atoms with Gasteiger partial charge in [-0.25, -0.2) is 0 Å². The van der Waals surface area contributed by atoms with Gasteiger partial charge in [0.1, 0.15) is 5.75 Å². The first-order valence-electron chi connectivity index (χ1n) is 9.12. The Morgan fingerprint density at radius 3 is 2.36 bits per heavy atom. The average molecular weight is 300 g/mol. The van der Waals surface area contributed by atoms with Gasteiger partial charge in [0.15, 0.2) is 0 Å². The molecule has 1 fully saturated rings. The summed E-state index contributed by atoms with van der Waals surface area (Å²) in [6.07, 6.45) is 11.6. The van der Waals surface area contributed by atoms with Crippen LogP contribution in [-0.4, -0.2) is 6.61 Å². The predicted molar refractivity (Wildman–Crippen MR) is 95.5 cm³/mol. The number of allylic oxidation sites excluding steroid dienone is 1. The zero-order chi connectivity index (χ0) is 15.8. The van der Waals surface area contributed by atoms with Gasteiger partial charge in [0.25, 0.3) is 0 Å². The molecule has 1 nitrogen and oxygen atoms in total. The van der Waals surface area contributed by atoms with Crippen LogP contribution >= 0.6 is 0 Å². The first-order chi connectivity index (χ1) is 10.8. The van der Waals surface area contributed by atoms with Gasteiger partial charge in [0, 0.05) is 0 Å². The number of hydrogen-bond donors (Lipinski definition) is 0. The van der Waals surface area contributed by atoms with Crippen LogP contribution in [0, 0.1) is 11.8 Å². The molecule has 0 N–H and O–H groups in total. The van der Waals surface area contributed by atoms with E-state index in [2.05, 4.69) is 43.8 Å². The molecule has 22 heavy (non-hydrogen) atoms. The number of rotatable bonds is 8. The van der Waals surface area contributed by atoms with Crippen LogP contribution in [-0.2, 0) is 0 Å². The van der Waals surface area contributed by atoms with Crippen LogP contribution in [0.5, 0.6) is 5.75 Å². The fraction of sp³-hybridized carbons (Fsp3) is 0.619. The molecule has 1 aromatic carbocycles. The van der Waals surface area contributed by atoms with Gasteiger partial charge in [0.2, 0.25) is 0 Å². The predicted octanol–water partition coefficient (Wildman–Crippen LogP) is 6.35. The van der Waals surface area contributed by atoms with Crippen molar-refractivity contribution in [2.45, 2.75) is 64.7 Å². The fourth-order valence-corrected chi connectivity index (χ4v) is 4.05. The third kappa shape index (κ3) is 4.63. The summed E-state index contributed by atoms with van der Waals surface area (Å²) in [6.45, 7) is 9.06. The van der Waals surface area contributed by atoms with Crippen LogP contribution in [0.4, 0.5) is 0 Å². The van der Waals surface area contributed by atoms with E-state index in [1.165, 1.54) is 44.1 Å². The van der Waals surface area contributed by atoms with E-state index in [-0.39, 0.29) is 0 Å². The molecule has 1 aliphatic rings. The van der Waals surface area contributed by atoms with Gasteiger partial charge < -0.3 is 4.74 Å². The molecule has 1 aromatic rings. The summed E-state index contributed by atoms with van der Waals surface area (Å²) >= 11 is 0. The summed E-state index contributed by atoms with van der Waals surface area (Å²) in [6, 6.07) is 8.77. The maximum Gasteiger partial charge on any atom is 0.119 e. The SMILES string of the molecule is C=CCC(c1ccc(OCC)cc1)C1CCC(CCC)CC1. The Labute approximate surface area is 136 Å². The third-order valence-electron chi connectivity index (χ3n) is 5.20. The van der Waals surface area contributed by atoms with Crippen molar-refractivity contribution < 1.29 is 4.74 Å². The quantitative estimate of drug-likeness (QED) is 0.508. The molecule has 0 heterocycles. The molecular weight excluding hydrogens is 268 g/mol. The molecule has 1 atom stereocenters. The lowest BCUT2D eigenvalue weighted by Crippen LogP contribution is -2.20. The summed E-state index contributed by atoms with van der Waals surface area (Å²) in [5.41, 5.74) is 1.46. The van der Waals surface area contributed by atoms with E-state index >= 15 is 0 Å². The van der Waals surface area contributed by atoms with Crippen molar-refractivity contribution in [3.05, 3.63) is 42.5 Å². The van der Waals surface area contributed by atoms with E-state index in [1.54, 1.807) is 0 Å². The summed E-state index contributed by atoms with van der Waals surface area (Å²) < 4.78 is 5.57. The molecule has 0 saturated heterocycles. The fourth-order valence-electron chi connectivity index (χ4n) is 4.05. The number of hydrogen-bond acceptors (Lipinski definition) is 1. The third-order valence-corrected chi connectivity index (χ3v) is 5.20. The second kappa shape index (κ2) is 9.02. The minimum Gasteiger partial charge on any atom is -0.494 e. The Morgan fingerprint density at radius 1 is 1.14 bits per heavy atom. The second-order valence-corrected chi connectivity index (χ2v) is 6.70. The van der Waals surface area contributed by atoms with Crippen molar-refractivity contribution in [3.8, 4) is 5.75 Å². The molecule has 0 spiro atoms. The molecule has 1 heteroatoms. The van der Waals surface area contributed by atoms with Gasteiger partial charge in [-0.2, -0.15) is 0 Å². The molecule has 0 bridgehead atoms. The number of ether oxygens (including phenoxy) is 1. The maximum atomic E-state index is 5.57. The van der Waals surface area contributed by atoms with Gasteiger partial charge in [-0.05, 0) is 61.6 Å². The van der Waals surface area contributed by atoms with Crippen LogP contribution in [0.2, 0.25) is 0 Å². The van der Waals surface area contributed by atoms with Crippen molar-refractivity contribution in [2.24, 2.45) is 11.8 Å². The van der Waals surface area contributed by atoms with E-state index in [1.807, 2.05) is 6.92 Å². The topological polar surface area (TPSA) is 9.23 Å². The van der Waals surface area contributed by atoms with E-state index in [0.717, 1.165) is 30.6 Å². The van der Waals surface area contributed by atoms with Crippen LogP contribution in [0.3, 0.4) is 0 Å². The highest BCUT2D eigenvalue weighted by molar-refractivity contribution is 5.30. The van der Waals surface area contributed by atoms with Gasteiger partial charge in [0.05, 0.1) is 6.61 Å². The lowest BCUT2D eigenvalue weighted by molar-refractivity contribution is 0.232. The van der Waals surface area contributed by atoms with Crippen LogP contribution in [0.15, 0.2) is 36.9 Å². The maximum absolute atomic E-state index is 5.57. The van der Waals surface area contributed by atoms with Gasteiger partial charge in [-0.15, -0.1) is 6.58 Å². The second-order valence-electron chi connectivity index (χ2n) is 6.70. The van der Waals surface area contributed by atoms with Gasteiger partial charge >= 0.3 is 0 Å². The van der Waals surface area contributed by atoms with E-state index < -0.39 is 0 Å². The minimum atomic E-state index is 0.635.